The Kier molecular flexibility index (Phi) is 4.11. The number of rotatable bonds is 5. The fraction of sp³-hybridized carbons (Fsp3) is 0.174. The average Bonchev–Trinajstić information content (AvgIpc) is 3.11. The second-order valence-electron chi connectivity index (χ2n) is 7.20. The Bertz CT molecular complexity index is 1560. The lowest BCUT2D eigenvalue weighted by molar-refractivity contribution is -0.144. The number of fused-ring (bicyclic) bond motifs is 5. The van der Waals surface area contributed by atoms with Crippen molar-refractivity contribution in [2.75, 3.05) is 14.2 Å². The van der Waals surface area contributed by atoms with Crippen molar-refractivity contribution in [3.8, 4) is 17.2 Å². The van der Waals surface area contributed by atoms with Crippen LogP contribution in [-0.2, 0) is 4.79 Å². The molecule has 0 radical (unpaired) electrons. The summed E-state index contributed by atoms with van der Waals surface area (Å²) in [6.07, 6.45) is 0.687. The highest BCUT2D eigenvalue weighted by atomic mass is 16.5. The third kappa shape index (κ3) is 2.58. The average molecular weight is 418 g/mol. The summed E-state index contributed by atoms with van der Waals surface area (Å²) < 4.78 is 18.1. The van der Waals surface area contributed by atoms with Crippen LogP contribution in [0.4, 0.5) is 0 Å². The van der Waals surface area contributed by atoms with Crippen LogP contribution in [0, 0.1) is 0 Å². The van der Waals surface area contributed by atoms with Gasteiger partial charge in [0.15, 0.2) is 17.6 Å². The number of hydrogen-bond acceptors (Lipinski definition) is 6. The monoisotopic (exact) mass is 418 g/mol. The van der Waals surface area contributed by atoms with E-state index in [2.05, 4.69) is 4.98 Å². The lowest BCUT2D eigenvalue weighted by atomic mass is 10.1. The van der Waals surface area contributed by atoms with E-state index < -0.39 is 12.1 Å². The first-order chi connectivity index (χ1) is 15.0. The van der Waals surface area contributed by atoms with Crippen molar-refractivity contribution < 1.29 is 24.1 Å². The lowest BCUT2D eigenvalue weighted by Crippen LogP contribution is -2.22. The zero-order valence-electron chi connectivity index (χ0n) is 17.0. The minimum Gasteiger partial charge on any atom is -0.493 e. The number of aliphatic carboxylic acids is 1. The van der Waals surface area contributed by atoms with E-state index in [0.29, 0.717) is 44.6 Å². The van der Waals surface area contributed by atoms with Crippen LogP contribution in [0.5, 0.6) is 17.2 Å². The summed E-state index contributed by atoms with van der Waals surface area (Å²) in [4.78, 5) is 29.4. The molecule has 8 heteroatoms. The third-order valence-corrected chi connectivity index (χ3v) is 5.53. The zero-order chi connectivity index (χ0) is 21.9. The highest BCUT2D eigenvalue weighted by molar-refractivity contribution is 6.19. The molecule has 3 heterocycles. The van der Waals surface area contributed by atoms with E-state index in [9.17, 15) is 9.59 Å². The minimum atomic E-state index is -1.06. The Morgan fingerprint density at radius 3 is 2.58 bits per heavy atom. The predicted molar refractivity (Wildman–Crippen MR) is 116 cm³/mol. The van der Waals surface area contributed by atoms with Gasteiger partial charge in [-0.25, -0.2) is 4.79 Å². The maximum atomic E-state index is 13.7. The van der Waals surface area contributed by atoms with E-state index in [-0.39, 0.29) is 5.56 Å². The van der Waals surface area contributed by atoms with Crippen molar-refractivity contribution in [1.82, 2.24) is 9.38 Å². The van der Waals surface area contributed by atoms with Gasteiger partial charge in [-0.3, -0.25) is 14.2 Å². The van der Waals surface area contributed by atoms with Crippen molar-refractivity contribution in [3.63, 3.8) is 0 Å². The summed E-state index contributed by atoms with van der Waals surface area (Å²) in [6.45, 7) is 1.46. The van der Waals surface area contributed by atoms with Gasteiger partial charge < -0.3 is 19.3 Å². The lowest BCUT2D eigenvalue weighted by Gasteiger charge is -2.12. The molecule has 0 spiro atoms. The van der Waals surface area contributed by atoms with Gasteiger partial charge in [-0.15, -0.1) is 0 Å². The summed E-state index contributed by atoms with van der Waals surface area (Å²) in [5.74, 6) is 0.161. The van der Waals surface area contributed by atoms with E-state index in [4.69, 9.17) is 19.3 Å². The first kappa shape index (κ1) is 18.9. The SMILES string of the molecule is COc1ccc2c(c1OC)c(=O)n1c3ccc(O[C@H](C)C(=O)O)cc3c3ccnc2c31. The summed E-state index contributed by atoms with van der Waals surface area (Å²) in [5.41, 5.74) is 1.76. The Hall–Kier alpha value is -4.07. The fourth-order valence-corrected chi connectivity index (χ4v) is 4.13. The van der Waals surface area contributed by atoms with Crippen molar-refractivity contribution in [3.05, 3.63) is 52.9 Å². The molecule has 0 aliphatic heterocycles. The molecule has 5 aromatic rings. The normalized spacial score (nSPS) is 12.6. The molecule has 8 nitrogen and oxygen atoms in total. The summed E-state index contributed by atoms with van der Waals surface area (Å²) in [7, 11) is 3.02. The molecule has 156 valence electrons. The molecule has 0 amide bonds. The molecule has 1 N–H and O–H groups in total. The van der Waals surface area contributed by atoms with Crippen LogP contribution in [0.3, 0.4) is 0 Å². The number of carboxylic acids is 1. The number of ether oxygens (including phenoxy) is 3. The maximum absolute atomic E-state index is 13.7. The molecule has 0 fully saturated rings. The van der Waals surface area contributed by atoms with Gasteiger partial charge in [0, 0.05) is 22.4 Å². The molecule has 0 aliphatic carbocycles. The van der Waals surface area contributed by atoms with E-state index in [1.165, 1.54) is 21.1 Å². The smallest absolute Gasteiger partial charge is 0.344 e. The second-order valence-corrected chi connectivity index (χ2v) is 7.20. The number of carbonyl (C=O) groups is 1. The van der Waals surface area contributed by atoms with Crippen LogP contribution in [0.25, 0.3) is 38.1 Å². The Morgan fingerprint density at radius 2 is 1.87 bits per heavy atom. The van der Waals surface area contributed by atoms with Crippen molar-refractivity contribution in [2.24, 2.45) is 0 Å². The van der Waals surface area contributed by atoms with Gasteiger partial charge in [-0.1, -0.05) is 0 Å². The number of methoxy groups -OCH3 is 2. The van der Waals surface area contributed by atoms with Crippen molar-refractivity contribution in [1.29, 1.82) is 0 Å². The molecule has 0 bridgehead atoms. The number of carboxylic acid groups (broad SMARTS) is 1. The van der Waals surface area contributed by atoms with Crippen LogP contribution in [-0.4, -0.2) is 40.8 Å². The summed E-state index contributed by atoms with van der Waals surface area (Å²) in [6, 6.07) is 10.5. The molecule has 0 aliphatic rings. The Labute approximate surface area is 175 Å². The van der Waals surface area contributed by atoms with E-state index >= 15 is 0 Å². The van der Waals surface area contributed by atoms with E-state index in [1.54, 1.807) is 40.9 Å². The van der Waals surface area contributed by atoms with Gasteiger partial charge in [0.05, 0.1) is 36.2 Å². The zero-order valence-corrected chi connectivity index (χ0v) is 17.0. The van der Waals surface area contributed by atoms with Crippen LogP contribution in [0.15, 0.2) is 47.4 Å². The number of hydrogen-bond donors (Lipinski definition) is 1. The van der Waals surface area contributed by atoms with Gasteiger partial charge >= 0.3 is 5.97 Å². The number of aromatic nitrogens is 2. The van der Waals surface area contributed by atoms with Gasteiger partial charge in [-0.2, -0.15) is 0 Å². The van der Waals surface area contributed by atoms with Crippen LogP contribution >= 0.6 is 0 Å². The Balaban J connectivity index is 1.93. The second kappa shape index (κ2) is 6.73. The molecule has 5 rings (SSSR count). The summed E-state index contributed by atoms with van der Waals surface area (Å²) >= 11 is 0. The molecular weight excluding hydrogens is 400 g/mol. The van der Waals surface area contributed by atoms with Gasteiger partial charge in [0.1, 0.15) is 5.75 Å². The largest absolute Gasteiger partial charge is 0.493 e. The number of pyridine rings is 2. The minimum absolute atomic E-state index is 0.251. The highest BCUT2D eigenvalue weighted by Crippen LogP contribution is 2.39. The number of nitrogens with zero attached hydrogens (tertiary/aromatic N) is 2. The van der Waals surface area contributed by atoms with E-state index in [1.807, 2.05) is 6.07 Å². The fourth-order valence-electron chi connectivity index (χ4n) is 4.13. The predicted octanol–water partition coefficient (Wildman–Crippen LogP) is 3.46. The van der Waals surface area contributed by atoms with Crippen LogP contribution < -0.4 is 19.8 Å². The molecule has 2 aromatic carbocycles. The first-order valence-corrected chi connectivity index (χ1v) is 9.59. The standard InChI is InChI=1S/C23H18N2O6/c1-11(23(27)28)31-12-4-6-16-15(10-12)13-8-9-24-19-14-5-7-17(29-2)21(30-3)18(14)22(26)25(16)20(13)19/h4-11H,1-3H3,(H,27,28)/t11-/m1/s1. The van der Waals surface area contributed by atoms with Crippen LogP contribution in [0.1, 0.15) is 6.92 Å². The van der Waals surface area contributed by atoms with Crippen molar-refractivity contribution >= 4 is 44.1 Å². The third-order valence-electron chi connectivity index (χ3n) is 5.53. The summed E-state index contributed by atoms with van der Waals surface area (Å²) in [5, 5.41) is 11.8. The molecule has 0 unspecified atom stereocenters. The van der Waals surface area contributed by atoms with Gasteiger partial charge in [0.25, 0.3) is 5.56 Å². The topological polar surface area (TPSA) is 99.4 Å². The van der Waals surface area contributed by atoms with Gasteiger partial charge in [-0.05, 0) is 43.3 Å². The van der Waals surface area contributed by atoms with Gasteiger partial charge in [0.2, 0.25) is 0 Å². The van der Waals surface area contributed by atoms with Crippen LogP contribution in [0.2, 0.25) is 0 Å². The molecule has 1 atom stereocenters. The maximum Gasteiger partial charge on any atom is 0.344 e. The molecule has 3 aromatic heterocycles. The Morgan fingerprint density at radius 1 is 1.06 bits per heavy atom. The molecule has 0 saturated carbocycles. The van der Waals surface area contributed by atoms with Crippen molar-refractivity contribution in [2.45, 2.75) is 13.0 Å². The first-order valence-electron chi connectivity index (χ1n) is 9.59. The quantitative estimate of drug-likeness (QED) is 0.436. The highest BCUT2D eigenvalue weighted by Gasteiger charge is 2.22. The molecule has 0 saturated heterocycles. The molecule has 31 heavy (non-hydrogen) atoms. The number of benzene rings is 2. The molecular formula is C23H18N2O6. The van der Waals surface area contributed by atoms with E-state index in [0.717, 1.165) is 10.8 Å².